The molecule has 0 radical (unpaired) electrons. The van der Waals surface area contributed by atoms with Gasteiger partial charge in [-0.25, -0.2) is 0 Å². The lowest BCUT2D eigenvalue weighted by Gasteiger charge is -2.35. The van der Waals surface area contributed by atoms with Crippen LogP contribution in [0, 0.1) is 11.3 Å². The number of piperidine rings is 1. The number of carbonyl (C=O) groups is 1. The van der Waals surface area contributed by atoms with Gasteiger partial charge in [-0.15, -0.1) is 0 Å². The monoisotopic (exact) mass is 272 g/mol. The van der Waals surface area contributed by atoms with Crippen LogP contribution in [0.4, 0.5) is 0 Å². The Kier molecular flexibility index (Phi) is 4.62. The minimum absolute atomic E-state index is 0.0431. The Morgan fingerprint density at radius 1 is 1.40 bits per heavy atom. The summed E-state index contributed by atoms with van der Waals surface area (Å²) < 4.78 is 5.68. The van der Waals surface area contributed by atoms with E-state index < -0.39 is 6.10 Å². The summed E-state index contributed by atoms with van der Waals surface area (Å²) in [6, 6.07) is 9.18. The molecule has 1 fully saturated rings. The summed E-state index contributed by atoms with van der Waals surface area (Å²) in [5.74, 6) is 0.663. The lowest BCUT2D eigenvalue weighted by atomic mass is 10.0. The van der Waals surface area contributed by atoms with E-state index in [-0.39, 0.29) is 5.91 Å². The standard InChI is InChI=1S/C16H20N2O2/c1-12-5-3-4-10-18(12)16(19)13(2)20-15-8-6-14(11-17)7-9-15/h6-9,12-13H,3-5,10H2,1-2H3/t12-,13-/m0/s1. The molecule has 0 spiro atoms. The summed E-state index contributed by atoms with van der Waals surface area (Å²) in [6.45, 7) is 4.69. The number of likely N-dealkylation sites (tertiary alicyclic amines) is 1. The molecule has 1 aromatic rings. The van der Waals surface area contributed by atoms with Crippen molar-refractivity contribution >= 4 is 5.91 Å². The third-order valence-electron chi connectivity index (χ3n) is 3.73. The van der Waals surface area contributed by atoms with Crippen LogP contribution in [0.2, 0.25) is 0 Å². The van der Waals surface area contributed by atoms with Crippen LogP contribution in [0.25, 0.3) is 0 Å². The topological polar surface area (TPSA) is 53.3 Å². The molecule has 0 bridgehead atoms. The van der Waals surface area contributed by atoms with Gasteiger partial charge < -0.3 is 9.64 Å². The lowest BCUT2D eigenvalue weighted by Crippen LogP contribution is -2.47. The maximum absolute atomic E-state index is 12.4. The van der Waals surface area contributed by atoms with E-state index in [4.69, 9.17) is 10.00 Å². The van der Waals surface area contributed by atoms with Gasteiger partial charge in [0.1, 0.15) is 5.75 Å². The van der Waals surface area contributed by atoms with Crippen LogP contribution in [-0.4, -0.2) is 29.5 Å². The highest BCUT2D eigenvalue weighted by molar-refractivity contribution is 5.81. The van der Waals surface area contributed by atoms with E-state index in [1.807, 2.05) is 4.90 Å². The van der Waals surface area contributed by atoms with Crippen LogP contribution in [0.1, 0.15) is 38.7 Å². The van der Waals surface area contributed by atoms with Crippen LogP contribution in [0.3, 0.4) is 0 Å². The van der Waals surface area contributed by atoms with Gasteiger partial charge in [0.25, 0.3) is 5.91 Å². The smallest absolute Gasteiger partial charge is 0.263 e. The van der Waals surface area contributed by atoms with Crippen molar-refractivity contribution in [2.75, 3.05) is 6.54 Å². The molecule has 1 amide bonds. The number of amides is 1. The van der Waals surface area contributed by atoms with Gasteiger partial charge in [0.05, 0.1) is 11.6 Å². The molecule has 1 aliphatic heterocycles. The third-order valence-corrected chi connectivity index (χ3v) is 3.73. The molecule has 1 aliphatic rings. The zero-order valence-corrected chi connectivity index (χ0v) is 12.0. The fourth-order valence-electron chi connectivity index (χ4n) is 2.52. The Bertz CT molecular complexity index is 504. The van der Waals surface area contributed by atoms with E-state index in [9.17, 15) is 4.79 Å². The predicted molar refractivity (Wildman–Crippen MR) is 76.3 cm³/mol. The van der Waals surface area contributed by atoms with Gasteiger partial charge in [-0.3, -0.25) is 4.79 Å². The minimum atomic E-state index is -0.497. The molecule has 0 aliphatic carbocycles. The van der Waals surface area contributed by atoms with E-state index in [0.29, 0.717) is 17.4 Å². The minimum Gasteiger partial charge on any atom is -0.481 e. The summed E-state index contributed by atoms with van der Waals surface area (Å²) in [5.41, 5.74) is 0.584. The second-order valence-corrected chi connectivity index (χ2v) is 5.27. The van der Waals surface area contributed by atoms with E-state index in [2.05, 4.69) is 13.0 Å². The molecule has 1 aromatic carbocycles. The van der Waals surface area contributed by atoms with Gasteiger partial charge in [-0.05, 0) is 57.4 Å². The summed E-state index contributed by atoms with van der Waals surface area (Å²) in [5, 5.41) is 8.75. The van der Waals surface area contributed by atoms with Crippen molar-refractivity contribution in [1.82, 2.24) is 4.90 Å². The molecular formula is C16H20N2O2. The second kappa shape index (κ2) is 6.42. The molecule has 0 N–H and O–H groups in total. The first-order chi connectivity index (χ1) is 9.61. The van der Waals surface area contributed by atoms with Crippen molar-refractivity contribution in [2.45, 2.75) is 45.3 Å². The number of hydrogen-bond donors (Lipinski definition) is 0. The van der Waals surface area contributed by atoms with E-state index in [0.717, 1.165) is 19.4 Å². The zero-order chi connectivity index (χ0) is 14.5. The highest BCUT2D eigenvalue weighted by Gasteiger charge is 2.27. The van der Waals surface area contributed by atoms with Crippen molar-refractivity contribution < 1.29 is 9.53 Å². The molecule has 2 rings (SSSR count). The SMILES string of the molecule is C[C@H](Oc1ccc(C#N)cc1)C(=O)N1CCCC[C@@H]1C. The van der Waals surface area contributed by atoms with Crippen molar-refractivity contribution in [3.05, 3.63) is 29.8 Å². The quantitative estimate of drug-likeness (QED) is 0.850. The van der Waals surface area contributed by atoms with Gasteiger partial charge in [0.2, 0.25) is 0 Å². The Morgan fingerprint density at radius 2 is 2.10 bits per heavy atom. The Labute approximate surface area is 120 Å². The Hall–Kier alpha value is -2.02. The van der Waals surface area contributed by atoms with Gasteiger partial charge >= 0.3 is 0 Å². The second-order valence-electron chi connectivity index (χ2n) is 5.27. The molecule has 0 saturated carbocycles. The zero-order valence-electron chi connectivity index (χ0n) is 12.0. The number of hydrogen-bond acceptors (Lipinski definition) is 3. The van der Waals surface area contributed by atoms with E-state index >= 15 is 0 Å². The van der Waals surface area contributed by atoms with Crippen LogP contribution in [0.15, 0.2) is 24.3 Å². The van der Waals surface area contributed by atoms with Crippen molar-refractivity contribution in [2.24, 2.45) is 0 Å². The average molecular weight is 272 g/mol. The molecule has 1 heterocycles. The Morgan fingerprint density at radius 3 is 2.70 bits per heavy atom. The number of nitriles is 1. The number of carbonyl (C=O) groups excluding carboxylic acids is 1. The van der Waals surface area contributed by atoms with Crippen molar-refractivity contribution in [3.8, 4) is 11.8 Å². The highest BCUT2D eigenvalue weighted by Crippen LogP contribution is 2.19. The van der Waals surface area contributed by atoms with Gasteiger partial charge in [-0.2, -0.15) is 5.26 Å². The highest BCUT2D eigenvalue weighted by atomic mass is 16.5. The number of rotatable bonds is 3. The molecule has 106 valence electrons. The van der Waals surface area contributed by atoms with Crippen LogP contribution in [-0.2, 0) is 4.79 Å². The maximum atomic E-state index is 12.4. The summed E-state index contributed by atoms with van der Waals surface area (Å²) in [4.78, 5) is 14.3. The summed E-state index contributed by atoms with van der Waals surface area (Å²) in [6.07, 6.45) is 2.83. The maximum Gasteiger partial charge on any atom is 0.263 e. The van der Waals surface area contributed by atoms with E-state index in [1.165, 1.54) is 6.42 Å². The van der Waals surface area contributed by atoms with Crippen LogP contribution < -0.4 is 4.74 Å². The van der Waals surface area contributed by atoms with Gasteiger partial charge in [0.15, 0.2) is 6.10 Å². The number of ether oxygens (including phenoxy) is 1. The summed E-state index contributed by atoms with van der Waals surface area (Å²) in [7, 11) is 0. The first-order valence-electron chi connectivity index (χ1n) is 7.09. The fraction of sp³-hybridized carbons (Fsp3) is 0.500. The predicted octanol–water partition coefficient (Wildman–Crippen LogP) is 2.73. The molecular weight excluding hydrogens is 252 g/mol. The van der Waals surface area contributed by atoms with Crippen molar-refractivity contribution in [3.63, 3.8) is 0 Å². The number of benzene rings is 1. The molecule has 20 heavy (non-hydrogen) atoms. The molecule has 4 nitrogen and oxygen atoms in total. The largest absolute Gasteiger partial charge is 0.481 e. The summed E-state index contributed by atoms with van der Waals surface area (Å²) >= 11 is 0. The number of nitrogens with zero attached hydrogens (tertiary/aromatic N) is 2. The molecule has 0 aromatic heterocycles. The molecule has 2 atom stereocenters. The Balaban J connectivity index is 1.98. The normalized spacial score (nSPS) is 20.1. The van der Waals surface area contributed by atoms with Gasteiger partial charge in [-0.1, -0.05) is 0 Å². The molecule has 4 heteroatoms. The first-order valence-corrected chi connectivity index (χ1v) is 7.09. The third kappa shape index (κ3) is 3.30. The van der Waals surface area contributed by atoms with Crippen LogP contribution in [0.5, 0.6) is 5.75 Å². The van der Waals surface area contributed by atoms with Crippen LogP contribution >= 0.6 is 0 Å². The molecule has 0 unspecified atom stereocenters. The van der Waals surface area contributed by atoms with E-state index in [1.54, 1.807) is 31.2 Å². The first kappa shape index (κ1) is 14.4. The lowest BCUT2D eigenvalue weighted by molar-refractivity contribution is -0.141. The van der Waals surface area contributed by atoms with Gasteiger partial charge in [0, 0.05) is 12.6 Å². The molecule has 1 saturated heterocycles. The average Bonchev–Trinajstić information content (AvgIpc) is 2.48. The fourth-order valence-corrected chi connectivity index (χ4v) is 2.52. The van der Waals surface area contributed by atoms with Crippen molar-refractivity contribution in [1.29, 1.82) is 5.26 Å².